The van der Waals surface area contributed by atoms with Crippen LogP contribution < -0.4 is 20.3 Å². The van der Waals surface area contributed by atoms with Crippen LogP contribution in [0.5, 0.6) is 11.5 Å². The summed E-state index contributed by atoms with van der Waals surface area (Å²) in [6.45, 7) is 0.837. The zero-order chi connectivity index (χ0) is 27.8. The molecule has 0 spiro atoms. The normalized spacial score (nSPS) is 10.9. The molecule has 0 aromatic heterocycles. The molecule has 0 saturated carbocycles. The summed E-state index contributed by atoms with van der Waals surface area (Å²) < 4.78 is 11.8. The lowest BCUT2D eigenvalue weighted by Gasteiger charge is -2.09. The third-order valence-electron chi connectivity index (χ3n) is 5.68. The van der Waals surface area contributed by atoms with E-state index in [-0.39, 0.29) is 12.8 Å². The van der Waals surface area contributed by atoms with Crippen molar-refractivity contribution >= 4 is 24.2 Å². The molecule has 0 fully saturated rings. The first-order valence-corrected chi connectivity index (χ1v) is 12.8. The fraction of sp³-hybridized carbons (Fsp3) is 0.125. The highest BCUT2D eigenvalue weighted by Gasteiger charge is 2.07. The van der Waals surface area contributed by atoms with Crippen LogP contribution in [-0.2, 0) is 22.8 Å². The summed E-state index contributed by atoms with van der Waals surface area (Å²) in [5.74, 6) is 0.512. The molecular weight excluding hydrogens is 504 g/mol. The predicted octanol–water partition coefficient (Wildman–Crippen LogP) is 5.23. The van der Waals surface area contributed by atoms with Gasteiger partial charge in [-0.25, -0.2) is 10.9 Å². The second-order valence-electron chi connectivity index (χ2n) is 8.71. The van der Waals surface area contributed by atoms with Gasteiger partial charge in [0.1, 0.15) is 24.7 Å². The second-order valence-corrected chi connectivity index (χ2v) is 8.71. The zero-order valence-corrected chi connectivity index (χ0v) is 21.9. The molecule has 40 heavy (non-hydrogen) atoms. The summed E-state index contributed by atoms with van der Waals surface area (Å²) in [5.41, 5.74) is 8.43. The molecule has 8 heteroatoms. The van der Waals surface area contributed by atoms with Gasteiger partial charge in [-0.05, 0) is 35.4 Å². The maximum absolute atomic E-state index is 12.2. The maximum Gasteiger partial charge on any atom is 0.240 e. The molecule has 0 bridgehead atoms. The summed E-state index contributed by atoms with van der Waals surface area (Å²) >= 11 is 0. The second kappa shape index (κ2) is 15.2. The molecule has 2 amide bonds. The van der Waals surface area contributed by atoms with Gasteiger partial charge in [-0.2, -0.15) is 10.2 Å². The predicted molar refractivity (Wildman–Crippen MR) is 155 cm³/mol. The molecule has 8 nitrogen and oxygen atoms in total. The molecule has 0 aliphatic rings. The Bertz CT molecular complexity index is 1330. The minimum Gasteiger partial charge on any atom is -0.488 e. The summed E-state index contributed by atoms with van der Waals surface area (Å²) in [6, 6.07) is 34.5. The van der Waals surface area contributed by atoms with E-state index in [0.29, 0.717) is 24.7 Å². The topological polar surface area (TPSA) is 101 Å². The van der Waals surface area contributed by atoms with Crippen molar-refractivity contribution in [2.75, 3.05) is 0 Å². The van der Waals surface area contributed by atoms with Gasteiger partial charge in [0.15, 0.2) is 0 Å². The summed E-state index contributed by atoms with van der Waals surface area (Å²) in [6.07, 6.45) is 2.95. The van der Waals surface area contributed by atoms with E-state index in [4.69, 9.17) is 9.47 Å². The molecular formula is C32H30N4O4. The van der Waals surface area contributed by atoms with Crippen molar-refractivity contribution in [2.24, 2.45) is 10.2 Å². The lowest BCUT2D eigenvalue weighted by atomic mass is 10.2. The van der Waals surface area contributed by atoms with Crippen molar-refractivity contribution in [1.29, 1.82) is 0 Å². The van der Waals surface area contributed by atoms with Crippen LogP contribution in [0.2, 0.25) is 0 Å². The Morgan fingerprint density at radius 2 is 0.925 bits per heavy atom. The lowest BCUT2D eigenvalue weighted by Crippen LogP contribution is -2.22. The van der Waals surface area contributed by atoms with Crippen molar-refractivity contribution in [2.45, 2.75) is 26.1 Å². The number of hydrogen-bond acceptors (Lipinski definition) is 6. The van der Waals surface area contributed by atoms with Crippen molar-refractivity contribution in [3.63, 3.8) is 0 Å². The molecule has 0 unspecified atom stereocenters. The quantitative estimate of drug-likeness (QED) is 0.181. The van der Waals surface area contributed by atoms with Crippen LogP contribution in [0.3, 0.4) is 0 Å². The molecule has 0 saturated heterocycles. The number of hydrazone groups is 2. The fourth-order valence-corrected chi connectivity index (χ4v) is 3.59. The van der Waals surface area contributed by atoms with E-state index >= 15 is 0 Å². The van der Waals surface area contributed by atoms with Crippen LogP contribution in [0.4, 0.5) is 0 Å². The molecule has 0 heterocycles. The number of carbonyl (C=O) groups is 2. The van der Waals surface area contributed by atoms with E-state index in [0.717, 1.165) is 22.3 Å². The van der Waals surface area contributed by atoms with Crippen LogP contribution in [0, 0.1) is 0 Å². The van der Waals surface area contributed by atoms with Crippen molar-refractivity contribution in [3.05, 3.63) is 131 Å². The van der Waals surface area contributed by atoms with Crippen LogP contribution in [0.15, 0.2) is 119 Å². The number of para-hydroxylation sites is 2. The maximum atomic E-state index is 12.2. The fourth-order valence-electron chi connectivity index (χ4n) is 3.59. The van der Waals surface area contributed by atoms with Crippen LogP contribution in [-0.4, -0.2) is 24.2 Å². The van der Waals surface area contributed by atoms with Crippen LogP contribution in [0.25, 0.3) is 0 Å². The monoisotopic (exact) mass is 534 g/mol. The van der Waals surface area contributed by atoms with Gasteiger partial charge in [0.25, 0.3) is 0 Å². The number of nitrogens with zero attached hydrogens (tertiary/aromatic N) is 2. The third-order valence-corrected chi connectivity index (χ3v) is 5.68. The molecule has 0 atom stereocenters. The molecule has 4 rings (SSSR count). The van der Waals surface area contributed by atoms with E-state index in [1.54, 1.807) is 0 Å². The number of carbonyl (C=O) groups excluding carboxylic acids is 2. The van der Waals surface area contributed by atoms with Crippen LogP contribution in [0.1, 0.15) is 35.1 Å². The standard InChI is InChI=1S/C32H30N4O4/c37-31(35-33-21-27-15-7-9-17-29(27)39-23-25-11-3-1-4-12-25)19-20-32(38)36-34-22-28-16-8-10-18-30(28)40-24-26-13-5-2-6-14-26/h1-18,21-22H,19-20,23-24H2,(H,35,37)(H,36,38)/b33-21+,34-22+. The Kier molecular flexibility index (Phi) is 10.6. The summed E-state index contributed by atoms with van der Waals surface area (Å²) in [7, 11) is 0. The number of amides is 2. The molecule has 2 N–H and O–H groups in total. The number of ether oxygens (including phenoxy) is 2. The van der Waals surface area contributed by atoms with E-state index < -0.39 is 11.8 Å². The van der Waals surface area contributed by atoms with Crippen LogP contribution >= 0.6 is 0 Å². The first-order valence-electron chi connectivity index (χ1n) is 12.8. The number of benzene rings is 4. The lowest BCUT2D eigenvalue weighted by molar-refractivity contribution is -0.126. The van der Waals surface area contributed by atoms with E-state index in [2.05, 4.69) is 21.1 Å². The number of rotatable bonds is 13. The summed E-state index contributed by atoms with van der Waals surface area (Å²) in [5, 5.41) is 8.01. The Morgan fingerprint density at radius 1 is 0.550 bits per heavy atom. The van der Waals surface area contributed by atoms with Gasteiger partial charge in [0, 0.05) is 24.0 Å². The van der Waals surface area contributed by atoms with Gasteiger partial charge in [-0.15, -0.1) is 0 Å². The molecule has 0 aliphatic carbocycles. The smallest absolute Gasteiger partial charge is 0.240 e. The Balaban J connectivity index is 1.19. The molecule has 4 aromatic carbocycles. The minimum atomic E-state index is -0.391. The van der Waals surface area contributed by atoms with E-state index in [1.807, 2.05) is 109 Å². The van der Waals surface area contributed by atoms with Crippen molar-refractivity contribution in [3.8, 4) is 11.5 Å². The molecule has 0 aliphatic heterocycles. The summed E-state index contributed by atoms with van der Waals surface area (Å²) in [4.78, 5) is 24.3. The minimum absolute atomic E-state index is 0.0401. The average molecular weight is 535 g/mol. The highest BCUT2D eigenvalue weighted by Crippen LogP contribution is 2.18. The van der Waals surface area contributed by atoms with Gasteiger partial charge < -0.3 is 9.47 Å². The van der Waals surface area contributed by atoms with Crippen molar-refractivity contribution in [1.82, 2.24) is 10.9 Å². The van der Waals surface area contributed by atoms with Gasteiger partial charge in [0.2, 0.25) is 11.8 Å². The first kappa shape index (κ1) is 27.8. The molecule has 0 radical (unpaired) electrons. The largest absolute Gasteiger partial charge is 0.488 e. The highest BCUT2D eigenvalue weighted by atomic mass is 16.5. The van der Waals surface area contributed by atoms with E-state index in [9.17, 15) is 9.59 Å². The number of hydrogen-bond donors (Lipinski definition) is 2. The average Bonchev–Trinajstić information content (AvgIpc) is 3.00. The van der Waals surface area contributed by atoms with Gasteiger partial charge in [-0.1, -0.05) is 84.9 Å². The Labute approximate surface area is 233 Å². The van der Waals surface area contributed by atoms with Gasteiger partial charge >= 0.3 is 0 Å². The van der Waals surface area contributed by atoms with Gasteiger partial charge in [-0.3, -0.25) is 9.59 Å². The van der Waals surface area contributed by atoms with E-state index in [1.165, 1.54) is 12.4 Å². The zero-order valence-electron chi connectivity index (χ0n) is 21.9. The SMILES string of the molecule is O=C(CCC(=O)N/N=C/c1ccccc1OCc1ccccc1)N/N=C/c1ccccc1OCc1ccccc1. The molecule has 202 valence electrons. The highest BCUT2D eigenvalue weighted by molar-refractivity contribution is 5.88. The Hall–Kier alpha value is -5.24. The third kappa shape index (κ3) is 9.25. The first-order chi connectivity index (χ1) is 19.7. The Morgan fingerprint density at radius 3 is 1.35 bits per heavy atom. The number of nitrogens with one attached hydrogen (secondary N) is 2. The van der Waals surface area contributed by atoms with Crippen molar-refractivity contribution < 1.29 is 19.1 Å². The van der Waals surface area contributed by atoms with Gasteiger partial charge in [0.05, 0.1) is 12.4 Å². The molecule has 4 aromatic rings.